The van der Waals surface area contributed by atoms with E-state index in [-0.39, 0.29) is 6.10 Å². The van der Waals surface area contributed by atoms with Gasteiger partial charge in [-0.1, -0.05) is 38.3 Å². The molecular formula is C14H27NOS. The minimum Gasteiger partial charge on any atom is -0.392 e. The Balaban J connectivity index is 3.66. The maximum atomic E-state index is 9.76. The van der Waals surface area contributed by atoms with Crippen molar-refractivity contribution in [3.63, 3.8) is 0 Å². The normalized spacial score (nSPS) is 14.2. The Kier molecular flexibility index (Phi) is 11.8. The first-order valence-corrected chi connectivity index (χ1v) is 7.65. The van der Waals surface area contributed by atoms with E-state index in [1.165, 1.54) is 18.5 Å². The number of thioether (sulfide) groups is 1. The number of hydrogen-bond acceptors (Lipinski definition) is 3. The van der Waals surface area contributed by atoms with Crippen LogP contribution in [0.25, 0.3) is 0 Å². The molecular weight excluding hydrogens is 230 g/mol. The second kappa shape index (κ2) is 12.1. The summed E-state index contributed by atoms with van der Waals surface area (Å²) >= 11 is 1.79. The van der Waals surface area contributed by atoms with Gasteiger partial charge in [0.15, 0.2) is 0 Å². The van der Waals surface area contributed by atoms with Crippen LogP contribution in [0.3, 0.4) is 0 Å². The van der Waals surface area contributed by atoms with Gasteiger partial charge >= 0.3 is 0 Å². The zero-order valence-electron chi connectivity index (χ0n) is 11.4. The Morgan fingerprint density at radius 1 is 1.41 bits per heavy atom. The van der Waals surface area contributed by atoms with Crippen LogP contribution in [-0.4, -0.2) is 29.8 Å². The predicted octanol–water partition coefficient (Wildman–Crippen LogP) is 3.34. The van der Waals surface area contributed by atoms with Crippen LogP contribution >= 0.6 is 11.8 Å². The summed E-state index contributed by atoms with van der Waals surface area (Å²) in [7, 11) is 1.94. The number of rotatable bonds is 10. The zero-order valence-corrected chi connectivity index (χ0v) is 12.2. The Morgan fingerprint density at radius 3 is 2.76 bits per heavy atom. The zero-order chi connectivity index (χ0) is 12.9. The van der Waals surface area contributed by atoms with Crippen LogP contribution in [0.2, 0.25) is 0 Å². The van der Waals surface area contributed by atoms with Gasteiger partial charge in [-0.05, 0) is 19.4 Å². The number of nitrogens with one attached hydrogen (secondary N) is 1. The number of unbranched alkanes of at least 4 members (excludes halogenated alkanes) is 2. The van der Waals surface area contributed by atoms with Crippen LogP contribution in [-0.2, 0) is 0 Å². The molecule has 0 aliphatic heterocycles. The maximum Gasteiger partial charge on any atom is 0.0630 e. The summed E-state index contributed by atoms with van der Waals surface area (Å²) < 4.78 is 0. The molecule has 1 unspecified atom stereocenters. The summed E-state index contributed by atoms with van der Waals surface area (Å²) in [6, 6.07) is 0. The summed E-state index contributed by atoms with van der Waals surface area (Å²) in [4.78, 5) is 0. The van der Waals surface area contributed by atoms with E-state index in [1.807, 2.05) is 26.1 Å². The molecule has 0 radical (unpaired) electrons. The standard InChI is InChI=1S/C14H27NOS/c1-4-6-8-10-14(16)12-17-11-13(15-3)9-7-5-2/h5,7,9,14-16H,4,6,8,10-12H2,1-3H3/b7-5-,13-9-. The van der Waals surface area contributed by atoms with Crippen molar-refractivity contribution in [3.8, 4) is 0 Å². The molecule has 17 heavy (non-hydrogen) atoms. The third kappa shape index (κ3) is 10.5. The highest BCUT2D eigenvalue weighted by atomic mass is 32.2. The van der Waals surface area contributed by atoms with Gasteiger partial charge in [-0.15, -0.1) is 0 Å². The molecule has 2 nitrogen and oxygen atoms in total. The van der Waals surface area contributed by atoms with Gasteiger partial charge in [-0.2, -0.15) is 11.8 Å². The number of aliphatic hydroxyl groups excluding tert-OH is 1. The van der Waals surface area contributed by atoms with Crippen molar-refractivity contribution >= 4 is 11.8 Å². The van der Waals surface area contributed by atoms with Gasteiger partial charge in [0.25, 0.3) is 0 Å². The van der Waals surface area contributed by atoms with Gasteiger partial charge in [-0.25, -0.2) is 0 Å². The molecule has 0 amide bonds. The molecule has 0 saturated carbocycles. The Hall–Kier alpha value is -0.410. The fourth-order valence-corrected chi connectivity index (χ4v) is 2.45. The topological polar surface area (TPSA) is 32.3 Å². The summed E-state index contributed by atoms with van der Waals surface area (Å²) in [5, 5.41) is 12.9. The quantitative estimate of drug-likeness (QED) is 0.465. The number of allylic oxidation sites excluding steroid dienone is 3. The monoisotopic (exact) mass is 257 g/mol. The summed E-state index contributed by atoms with van der Waals surface area (Å²) in [5.74, 6) is 1.77. The molecule has 0 fully saturated rings. The van der Waals surface area contributed by atoms with Crippen molar-refractivity contribution in [2.75, 3.05) is 18.6 Å². The van der Waals surface area contributed by atoms with E-state index in [0.717, 1.165) is 24.3 Å². The van der Waals surface area contributed by atoms with Crippen molar-refractivity contribution in [1.29, 1.82) is 0 Å². The molecule has 100 valence electrons. The van der Waals surface area contributed by atoms with Crippen molar-refractivity contribution in [2.45, 2.75) is 45.6 Å². The van der Waals surface area contributed by atoms with E-state index in [4.69, 9.17) is 0 Å². The predicted molar refractivity (Wildman–Crippen MR) is 79.4 cm³/mol. The lowest BCUT2D eigenvalue weighted by Gasteiger charge is -2.11. The highest BCUT2D eigenvalue weighted by Crippen LogP contribution is 2.12. The molecule has 0 bridgehead atoms. The molecule has 2 N–H and O–H groups in total. The summed E-state index contributed by atoms with van der Waals surface area (Å²) in [6.07, 6.45) is 10.5. The van der Waals surface area contributed by atoms with Gasteiger partial charge < -0.3 is 10.4 Å². The van der Waals surface area contributed by atoms with E-state index >= 15 is 0 Å². The molecule has 1 atom stereocenters. The molecule has 0 saturated heterocycles. The average molecular weight is 257 g/mol. The van der Waals surface area contributed by atoms with Crippen LogP contribution in [0.5, 0.6) is 0 Å². The Bertz CT molecular complexity index is 226. The molecule has 0 rings (SSSR count). The second-order valence-electron chi connectivity index (χ2n) is 4.13. The van der Waals surface area contributed by atoms with Gasteiger partial charge in [0.05, 0.1) is 6.10 Å². The van der Waals surface area contributed by atoms with Crippen LogP contribution < -0.4 is 5.32 Å². The Labute approximate surface area is 111 Å². The molecule has 3 heteroatoms. The second-order valence-corrected chi connectivity index (χ2v) is 5.16. The molecule has 0 aliphatic carbocycles. The van der Waals surface area contributed by atoms with E-state index < -0.39 is 0 Å². The third-order valence-corrected chi connectivity index (χ3v) is 3.66. The highest BCUT2D eigenvalue weighted by Gasteiger charge is 2.04. The lowest BCUT2D eigenvalue weighted by Crippen LogP contribution is -2.13. The first-order chi connectivity index (χ1) is 8.24. The third-order valence-electron chi connectivity index (χ3n) is 2.52. The van der Waals surface area contributed by atoms with E-state index in [0.29, 0.717) is 0 Å². The van der Waals surface area contributed by atoms with Crippen LogP contribution in [0, 0.1) is 0 Å². The van der Waals surface area contributed by atoms with E-state index in [9.17, 15) is 5.11 Å². The Morgan fingerprint density at radius 2 is 2.18 bits per heavy atom. The fourth-order valence-electron chi connectivity index (χ4n) is 1.43. The molecule has 0 aliphatic rings. The van der Waals surface area contributed by atoms with Crippen molar-refractivity contribution in [2.24, 2.45) is 0 Å². The van der Waals surface area contributed by atoms with Crippen molar-refractivity contribution in [3.05, 3.63) is 23.9 Å². The fraction of sp³-hybridized carbons (Fsp3) is 0.714. The largest absolute Gasteiger partial charge is 0.392 e. The summed E-state index contributed by atoms with van der Waals surface area (Å²) in [5.41, 5.74) is 1.20. The molecule has 0 aromatic carbocycles. The van der Waals surface area contributed by atoms with Crippen molar-refractivity contribution in [1.82, 2.24) is 5.32 Å². The van der Waals surface area contributed by atoms with E-state index in [2.05, 4.69) is 18.3 Å². The molecule has 0 spiro atoms. The SMILES string of the molecule is C/C=C\C=C(\CSCC(O)CCCCC)NC. The smallest absolute Gasteiger partial charge is 0.0630 e. The van der Waals surface area contributed by atoms with Gasteiger partial charge in [0, 0.05) is 24.3 Å². The van der Waals surface area contributed by atoms with Crippen LogP contribution in [0.4, 0.5) is 0 Å². The lowest BCUT2D eigenvalue weighted by molar-refractivity contribution is 0.185. The molecule has 0 aromatic heterocycles. The number of aliphatic hydroxyl groups is 1. The van der Waals surface area contributed by atoms with Gasteiger partial charge in [-0.3, -0.25) is 0 Å². The lowest BCUT2D eigenvalue weighted by atomic mass is 10.1. The molecule has 0 heterocycles. The summed E-state index contributed by atoms with van der Waals surface area (Å²) in [6.45, 7) is 4.20. The van der Waals surface area contributed by atoms with Gasteiger partial charge in [0.2, 0.25) is 0 Å². The first-order valence-electron chi connectivity index (χ1n) is 6.50. The van der Waals surface area contributed by atoms with E-state index in [1.54, 1.807) is 11.8 Å². The van der Waals surface area contributed by atoms with Crippen LogP contribution in [0.15, 0.2) is 23.9 Å². The van der Waals surface area contributed by atoms with Crippen LogP contribution in [0.1, 0.15) is 39.5 Å². The highest BCUT2D eigenvalue weighted by molar-refractivity contribution is 7.99. The van der Waals surface area contributed by atoms with Gasteiger partial charge in [0.1, 0.15) is 0 Å². The number of hydrogen-bond donors (Lipinski definition) is 2. The molecule has 0 aromatic rings. The maximum absolute atomic E-state index is 9.76. The first kappa shape index (κ1) is 16.6. The minimum atomic E-state index is -0.147. The average Bonchev–Trinajstić information content (AvgIpc) is 2.34. The minimum absolute atomic E-state index is 0.147. The van der Waals surface area contributed by atoms with Crippen molar-refractivity contribution < 1.29 is 5.11 Å².